The second-order valence-corrected chi connectivity index (χ2v) is 7.89. The third-order valence-corrected chi connectivity index (χ3v) is 4.81. The summed E-state index contributed by atoms with van der Waals surface area (Å²) in [7, 11) is 0. The van der Waals surface area contributed by atoms with Crippen molar-refractivity contribution >= 4 is 45.8 Å². The Morgan fingerprint density at radius 3 is 2.70 bits per heavy atom. The molecule has 3 aromatic rings. The highest BCUT2D eigenvalue weighted by Crippen LogP contribution is 2.29. The van der Waals surface area contributed by atoms with Crippen molar-refractivity contribution in [2.24, 2.45) is 0 Å². The summed E-state index contributed by atoms with van der Waals surface area (Å²) in [4.78, 5) is 29.2. The van der Waals surface area contributed by atoms with Gasteiger partial charge in [-0.15, -0.1) is 0 Å². The number of nitrogens with one attached hydrogen (secondary N) is 1. The SMILES string of the molecule is CC(C)(C)n1ncc2c(=O)n(CCC(=O)Nc3cccc(Cl)c3Cl)cnc21. The van der Waals surface area contributed by atoms with E-state index in [0.717, 1.165) is 0 Å². The maximum Gasteiger partial charge on any atom is 0.264 e. The average Bonchev–Trinajstić information content (AvgIpc) is 3.03. The maximum atomic E-state index is 12.6. The van der Waals surface area contributed by atoms with E-state index in [0.29, 0.717) is 21.7 Å². The van der Waals surface area contributed by atoms with Crippen molar-refractivity contribution in [3.63, 3.8) is 0 Å². The number of hydrogen-bond donors (Lipinski definition) is 1. The fourth-order valence-electron chi connectivity index (χ4n) is 2.63. The van der Waals surface area contributed by atoms with Crippen LogP contribution in [-0.4, -0.2) is 25.2 Å². The molecule has 7 nitrogen and oxygen atoms in total. The Labute approximate surface area is 165 Å². The van der Waals surface area contributed by atoms with E-state index in [2.05, 4.69) is 15.4 Å². The van der Waals surface area contributed by atoms with Crippen molar-refractivity contribution in [2.75, 3.05) is 5.32 Å². The molecule has 0 saturated heterocycles. The van der Waals surface area contributed by atoms with Crippen LogP contribution in [0.4, 0.5) is 5.69 Å². The summed E-state index contributed by atoms with van der Waals surface area (Å²) in [6.45, 7) is 6.14. The van der Waals surface area contributed by atoms with E-state index in [-0.39, 0.29) is 35.0 Å². The molecule has 1 amide bonds. The van der Waals surface area contributed by atoms with E-state index < -0.39 is 0 Å². The molecule has 1 N–H and O–H groups in total. The average molecular weight is 408 g/mol. The highest BCUT2D eigenvalue weighted by atomic mass is 35.5. The third kappa shape index (κ3) is 3.99. The Morgan fingerprint density at radius 1 is 1.26 bits per heavy atom. The summed E-state index contributed by atoms with van der Waals surface area (Å²) in [6.07, 6.45) is 3.04. The van der Waals surface area contributed by atoms with Gasteiger partial charge in [-0.1, -0.05) is 29.3 Å². The predicted molar refractivity (Wildman–Crippen MR) is 106 cm³/mol. The first-order valence-electron chi connectivity index (χ1n) is 8.36. The quantitative estimate of drug-likeness (QED) is 0.714. The van der Waals surface area contributed by atoms with Gasteiger partial charge in [0.25, 0.3) is 5.56 Å². The summed E-state index contributed by atoms with van der Waals surface area (Å²) in [5.74, 6) is -0.281. The molecule has 2 aromatic heterocycles. The lowest BCUT2D eigenvalue weighted by molar-refractivity contribution is -0.116. The zero-order chi connectivity index (χ0) is 19.8. The maximum absolute atomic E-state index is 12.6. The fourth-order valence-corrected chi connectivity index (χ4v) is 2.98. The molecule has 142 valence electrons. The largest absolute Gasteiger partial charge is 0.325 e. The molecule has 0 spiro atoms. The van der Waals surface area contributed by atoms with Crippen LogP contribution in [-0.2, 0) is 16.9 Å². The molecule has 0 aliphatic heterocycles. The lowest BCUT2D eigenvalue weighted by Crippen LogP contribution is -2.26. The van der Waals surface area contributed by atoms with Gasteiger partial charge in [0.15, 0.2) is 5.65 Å². The van der Waals surface area contributed by atoms with E-state index in [4.69, 9.17) is 23.2 Å². The van der Waals surface area contributed by atoms with E-state index in [9.17, 15) is 9.59 Å². The van der Waals surface area contributed by atoms with Crippen molar-refractivity contribution in [1.29, 1.82) is 0 Å². The van der Waals surface area contributed by atoms with Crippen LogP contribution in [0, 0.1) is 0 Å². The van der Waals surface area contributed by atoms with Crippen LogP contribution in [0.25, 0.3) is 11.0 Å². The summed E-state index contributed by atoms with van der Waals surface area (Å²) < 4.78 is 3.11. The van der Waals surface area contributed by atoms with Crippen molar-refractivity contribution in [3.8, 4) is 0 Å². The van der Waals surface area contributed by atoms with Gasteiger partial charge >= 0.3 is 0 Å². The van der Waals surface area contributed by atoms with E-state index in [1.807, 2.05) is 20.8 Å². The van der Waals surface area contributed by atoms with Gasteiger partial charge in [0.1, 0.15) is 5.39 Å². The summed E-state index contributed by atoms with van der Waals surface area (Å²) in [5, 5.41) is 8.03. The number of aryl methyl sites for hydroxylation is 1. The third-order valence-electron chi connectivity index (χ3n) is 4.00. The molecule has 27 heavy (non-hydrogen) atoms. The molecule has 0 unspecified atom stereocenters. The zero-order valence-electron chi connectivity index (χ0n) is 15.2. The second-order valence-electron chi connectivity index (χ2n) is 7.11. The minimum absolute atomic E-state index is 0.0867. The molecule has 9 heteroatoms. The van der Waals surface area contributed by atoms with Gasteiger partial charge in [-0.05, 0) is 32.9 Å². The lowest BCUT2D eigenvalue weighted by Gasteiger charge is -2.19. The molecule has 0 radical (unpaired) electrons. The summed E-state index contributed by atoms with van der Waals surface area (Å²) in [5.41, 5.74) is 0.438. The first-order chi connectivity index (χ1) is 12.7. The van der Waals surface area contributed by atoms with Gasteiger partial charge in [-0.25, -0.2) is 9.67 Å². The molecule has 0 aliphatic carbocycles. The number of carbonyl (C=O) groups is 1. The van der Waals surface area contributed by atoms with E-state index in [1.54, 1.807) is 22.9 Å². The highest BCUT2D eigenvalue weighted by molar-refractivity contribution is 6.43. The Balaban J connectivity index is 1.75. The van der Waals surface area contributed by atoms with Crippen molar-refractivity contribution in [3.05, 3.63) is 51.1 Å². The predicted octanol–water partition coefficient (Wildman–Crippen LogP) is 3.68. The number of fused-ring (bicyclic) bond motifs is 1. The van der Waals surface area contributed by atoms with Crippen LogP contribution in [0.2, 0.25) is 10.0 Å². The van der Waals surface area contributed by atoms with E-state index >= 15 is 0 Å². The number of amides is 1. The van der Waals surface area contributed by atoms with Crippen LogP contribution < -0.4 is 10.9 Å². The molecular weight excluding hydrogens is 389 g/mol. The Hall–Kier alpha value is -2.38. The summed E-state index contributed by atoms with van der Waals surface area (Å²) >= 11 is 12.0. The number of halogens is 2. The van der Waals surface area contributed by atoms with E-state index in [1.165, 1.54) is 17.1 Å². The number of benzene rings is 1. The van der Waals surface area contributed by atoms with Crippen LogP contribution in [0.3, 0.4) is 0 Å². The highest BCUT2D eigenvalue weighted by Gasteiger charge is 2.19. The van der Waals surface area contributed by atoms with Gasteiger partial charge in [0.05, 0.1) is 33.8 Å². The van der Waals surface area contributed by atoms with Gasteiger partial charge in [-0.2, -0.15) is 5.10 Å². The Morgan fingerprint density at radius 2 is 2.00 bits per heavy atom. The van der Waals surface area contributed by atoms with Crippen molar-refractivity contribution < 1.29 is 4.79 Å². The van der Waals surface area contributed by atoms with Gasteiger partial charge in [0, 0.05) is 13.0 Å². The molecule has 0 fully saturated rings. The van der Waals surface area contributed by atoms with Gasteiger partial charge in [-0.3, -0.25) is 14.2 Å². The first-order valence-corrected chi connectivity index (χ1v) is 9.11. The molecule has 3 rings (SSSR count). The monoisotopic (exact) mass is 407 g/mol. The van der Waals surface area contributed by atoms with Crippen LogP contribution in [0.15, 0.2) is 35.5 Å². The molecule has 0 aliphatic rings. The number of carbonyl (C=O) groups excluding carboxylic acids is 1. The number of aromatic nitrogens is 4. The molecule has 0 atom stereocenters. The minimum Gasteiger partial charge on any atom is -0.325 e. The standard InChI is InChI=1S/C18H19Cl2N5O2/c1-18(2,3)25-16-11(9-22-25)17(27)24(10-21-16)8-7-14(26)23-13-6-4-5-12(19)15(13)20/h4-6,9-10H,7-8H2,1-3H3,(H,23,26). The Kier molecular flexibility index (Phi) is 5.26. The molecule has 2 heterocycles. The van der Waals surface area contributed by atoms with Crippen LogP contribution in [0.5, 0.6) is 0 Å². The fraction of sp³-hybridized carbons (Fsp3) is 0.333. The van der Waals surface area contributed by atoms with Crippen molar-refractivity contribution in [2.45, 2.75) is 39.3 Å². The van der Waals surface area contributed by atoms with Crippen LogP contribution in [0.1, 0.15) is 27.2 Å². The summed E-state index contributed by atoms with van der Waals surface area (Å²) in [6, 6.07) is 4.99. The zero-order valence-corrected chi connectivity index (χ0v) is 16.7. The normalized spacial score (nSPS) is 11.7. The van der Waals surface area contributed by atoms with Crippen LogP contribution >= 0.6 is 23.2 Å². The molecule has 0 saturated carbocycles. The van der Waals surface area contributed by atoms with Crippen molar-refractivity contribution in [1.82, 2.24) is 19.3 Å². The number of nitrogens with zero attached hydrogens (tertiary/aromatic N) is 4. The smallest absolute Gasteiger partial charge is 0.264 e. The molecule has 1 aromatic carbocycles. The number of anilines is 1. The van der Waals surface area contributed by atoms with Gasteiger partial charge in [0.2, 0.25) is 5.91 Å². The number of hydrogen-bond acceptors (Lipinski definition) is 4. The molecular formula is C18H19Cl2N5O2. The first kappa shape index (κ1) is 19.4. The lowest BCUT2D eigenvalue weighted by atomic mass is 10.1. The number of rotatable bonds is 4. The topological polar surface area (TPSA) is 81.8 Å². The van der Waals surface area contributed by atoms with Gasteiger partial charge < -0.3 is 5.32 Å². The minimum atomic E-state index is -0.288. The second kappa shape index (κ2) is 7.32. The Bertz CT molecular complexity index is 1070. The molecule has 0 bridgehead atoms.